The summed E-state index contributed by atoms with van der Waals surface area (Å²) >= 11 is 1.38. The van der Waals surface area contributed by atoms with Crippen molar-refractivity contribution in [2.75, 3.05) is 0 Å². The third-order valence-electron chi connectivity index (χ3n) is 4.35. The van der Waals surface area contributed by atoms with Crippen LogP contribution in [0.3, 0.4) is 0 Å². The van der Waals surface area contributed by atoms with Crippen LogP contribution in [-0.4, -0.2) is 17.3 Å². The van der Waals surface area contributed by atoms with Gasteiger partial charge in [-0.15, -0.1) is 0 Å². The molecule has 0 bridgehead atoms. The van der Waals surface area contributed by atoms with Crippen LogP contribution < -0.4 is 14.6 Å². The summed E-state index contributed by atoms with van der Waals surface area (Å²) in [6.45, 7) is 11.6. The van der Waals surface area contributed by atoms with E-state index in [1.807, 2.05) is 18.2 Å². The van der Waals surface area contributed by atoms with Crippen LogP contribution in [0.4, 0.5) is 26.3 Å². The highest BCUT2D eigenvalue weighted by atomic mass is 32.2. The lowest BCUT2D eigenvalue weighted by Crippen LogP contribution is -2.33. The third-order valence-corrected chi connectivity index (χ3v) is 5.05. The first-order chi connectivity index (χ1) is 17.7. The van der Waals surface area contributed by atoms with E-state index in [9.17, 15) is 26.3 Å². The van der Waals surface area contributed by atoms with Crippen molar-refractivity contribution in [2.24, 2.45) is 5.14 Å². The Kier molecular flexibility index (Phi) is 13.3. The van der Waals surface area contributed by atoms with Crippen LogP contribution in [0.1, 0.15) is 37.5 Å². The van der Waals surface area contributed by atoms with Gasteiger partial charge in [-0.3, -0.25) is 5.14 Å². The van der Waals surface area contributed by atoms with Gasteiger partial charge in [-0.05, 0) is 69.5 Å². The zero-order chi connectivity index (χ0) is 28.9. The van der Waals surface area contributed by atoms with Crippen molar-refractivity contribution >= 4 is 11.9 Å². The SMILES string of the molecule is C=COc1cc(Cc2cc(F)cc(OC(F)(F)C(F)F)c2)ccc1F.CC(C)(C)SN.Cc1ccccc1. The van der Waals surface area contributed by atoms with Crippen molar-refractivity contribution in [3.8, 4) is 11.5 Å². The van der Waals surface area contributed by atoms with Gasteiger partial charge < -0.3 is 9.47 Å². The third kappa shape index (κ3) is 12.9. The minimum atomic E-state index is -4.74. The number of ether oxygens (including phenoxy) is 2. The van der Waals surface area contributed by atoms with Gasteiger partial charge in [0.2, 0.25) is 0 Å². The number of benzene rings is 3. The summed E-state index contributed by atoms with van der Waals surface area (Å²) in [4.78, 5) is 0. The summed E-state index contributed by atoms with van der Waals surface area (Å²) in [5, 5.41) is 5.22. The summed E-state index contributed by atoms with van der Waals surface area (Å²) < 4.78 is 86.3. The lowest BCUT2D eigenvalue weighted by atomic mass is 10.0. The Bertz CT molecular complexity index is 1140. The van der Waals surface area contributed by atoms with E-state index in [-0.39, 0.29) is 22.5 Å². The fraction of sp³-hybridized carbons (Fsp3) is 0.286. The average molecular weight is 560 g/mol. The minimum Gasteiger partial charge on any atom is -0.463 e. The summed E-state index contributed by atoms with van der Waals surface area (Å²) in [5.74, 6) is -2.46. The van der Waals surface area contributed by atoms with E-state index in [0.29, 0.717) is 11.6 Å². The first kappa shape index (κ1) is 32.9. The van der Waals surface area contributed by atoms with Gasteiger partial charge in [0.25, 0.3) is 0 Å². The van der Waals surface area contributed by atoms with Crippen LogP contribution in [0.2, 0.25) is 0 Å². The Balaban J connectivity index is 0.000000453. The second-order valence-corrected chi connectivity index (χ2v) is 10.3. The number of hydrogen-bond acceptors (Lipinski definition) is 4. The molecule has 0 aliphatic carbocycles. The van der Waals surface area contributed by atoms with Gasteiger partial charge in [0.15, 0.2) is 11.6 Å². The second kappa shape index (κ2) is 15.3. The molecule has 208 valence electrons. The van der Waals surface area contributed by atoms with Crippen LogP contribution in [0.5, 0.6) is 11.5 Å². The Morgan fingerprint density at radius 3 is 2.03 bits per heavy atom. The predicted molar refractivity (Wildman–Crippen MR) is 141 cm³/mol. The molecule has 0 amide bonds. The topological polar surface area (TPSA) is 44.5 Å². The van der Waals surface area contributed by atoms with Gasteiger partial charge in [-0.25, -0.2) is 8.78 Å². The molecule has 2 N–H and O–H groups in total. The van der Waals surface area contributed by atoms with Gasteiger partial charge in [0.1, 0.15) is 11.6 Å². The summed E-state index contributed by atoms with van der Waals surface area (Å²) in [7, 11) is 0. The molecule has 0 unspecified atom stereocenters. The highest BCUT2D eigenvalue weighted by Gasteiger charge is 2.44. The molecule has 0 aliphatic rings. The van der Waals surface area contributed by atoms with E-state index in [4.69, 9.17) is 9.88 Å². The Morgan fingerprint density at radius 2 is 1.55 bits per heavy atom. The normalized spacial score (nSPS) is 11.1. The maximum Gasteiger partial charge on any atom is 0.461 e. The molecule has 0 atom stereocenters. The molecular formula is C28H31F6NO2S. The minimum absolute atomic E-state index is 0.00214. The largest absolute Gasteiger partial charge is 0.463 e. The molecule has 0 aliphatic heterocycles. The van der Waals surface area contributed by atoms with Gasteiger partial charge in [-0.2, -0.15) is 17.6 Å². The summed E-state index contributed by atoms with van der Waals surface area (Å²) in [6.07, 6.45) is -7.79. The zero-order valence-corrected chi connectivity index (χ0v) is 22.3. The molecule has 0 heterocycles. The van der Waals surface area contributed by atoms with Crippen molar-refractivity contribution < 1.29 is 35.8 Å². The number of hydrogen-bond donors (Lipinski definition) is 1. The molecule has 0 fully saturated rings. The molecule has 0 aromatic heterocycles. The quantitative estimate of drug-likeness (QED) is 0.179. The van der Waals surface area contributed by atoms with Gasteiger partial charge in [0.05, 0.1) is 6.26 Å². The Labute approximate surface area is 223 Å². The second-order valence-electron chi connectivity index (χ2n) is 8.87. The first-order valence-corrected chi connectivity index (χ1v) is 12.1. The Morgan fingerprint density at radius 1 is 0.947 bits per heavy atom. The van der Waals surface area contributed by atoms with Crippen LogP contribution in [0.25, 0.3) is 0 Å². The lowest BCUT2D eigenvalue weighted by Gasteiger charge is -2.17. The average Bonchev–Trinajstić information content (AvgIpc) is 2.81. The van der Waals surface area contributed by atoms with E-state index >= 15 is 0 Å². The van der Waals surface area contributed by atoms with Gasteiger partial charge in [0, 0.05) is 10.8 Å². The van der Waals surface area contributed by atoms with Crippen LogP contribution >= 0.6 is 11.9 Å². The van der Waals surface area contributed by atoms with Crippen molar-refractivity contribution in [1.82, 2.24) is 0 Å². The summed E-state index contributed by atoms with van der Waals surface area (Å²) in [5.41, 5.74) is 1.95. The van der Waals surface area contributed by atoms with E-state index < -0.39 is 29.9 Å². The smallest absolute Gasteiger partial charge is 0.461 e. The number of halogens is 6. The molecule has 3 aromatic carbocycles. The standard InChI is InChI=1S/C17H12F6O2.C7H8.C4H11NS/c1-2-24-15-8-10(3-4-14(15)19)5-11-6-12(18)9-13(7-11)25-17(22,23)16(20)21;1-7-5-3-2-4-6-7;1-4(2,3)6-5/h2-4,6-9,16H,1,5H2;2-6H,1H3;5H2,1-3H3. The van der Waals surface area contributed by atoms with Crippen LogP contribution in [-0.2, 0) is 6.42 Å². The molecule has 3 aromatic rings. The zero-order valence-electron chi connectivity index (χ0n) is 21.5. The van der Waals surface area contributed by atoms with E-state index in [0.717, 1.165) is 24.5 Å². The maximum absolute atomic E-state index is 13.6. The monoisotopic (exact) mass is 559 g/mol. The molecule has 10 heteroatoms. The molecular weight excluding hydrogens is 528 g/mol. The number of nitrogens with two attached hydrogens (primary N) is 1. The van der Waals surface area contributed by atoms with Crippen molar-refractivity contribution in [3.05, 3.63) is 108 Å². The molecule has 0 saturated carbocycles. The van der Waals surface area contributed by atoms with Crippen LogP contribution in [0, 0.1) is 18.6 Å². The van der Waals surface area contributed by atoms with Gasteiger partial charge in [-0.1, -0.05) is 60.5 Å². The fourth-order valence-corrected chi connectivity index (χ4v) is 2.59. The van der Waals surface area contributed by atoms with Crippen molar-refractivity contribution in [3.63, 3.8) is 0 Å². The van der Waals surface area contributed by atoms with E-state index in [2.05, 4.69) is 51.1 Å². The molecule has 38 heavy (non-hydrogen) atoms. The maximum atomic E-state index is 13.6. The predicted octanol–water partition coefficient (Wildman–Crippen LogP) is 8.70. The van der Waals surface area contributed by atoms with Crippen LogP contribution in [0.15, 0.2) is 79.6 Å². The highest BCUT2D eigenvalue weighted by Crippen LogP contribution is 2.29. The molecule has 0 radical (unpaired) electrons. The van der Waals surface area contributed by atoms with Gasteiger partial charge >= 0.3 is 12.5 Å². The first-order valence-electron chi connectivity index (χ1n) is 11.3. The van der Waals surface area contributed by atoms with E-state index in [1.165, 1.54) is 29.6 Å². The number of rotatable bonds is 7. The molecule has 3 rings (SSSR count). The Hall–Kier alpha value is -3.11. The highest BCUT2D eigenvalue weighted by molar-refractivity contribution is 7.98. The molecule has 3 nitrogen and oxygen atoms in total. The fourth-order valence-electron chi connectivity index (χ4n) is 2.59. The van der Waals surface area contributed by atoms with E-state index in [1.54, 1.807) is 0 Å². The number of aryl methyl sites for hydroxylation is 1. The summed E-state index contributed by atoms with van der Waals surface area (Å²) in [6, 6.07) is 16.6. The number of alkyl halides is 4. The molecule has 0 saturated heterocycles. The lowest BCUT2D eigenvalue weighted by molar-refractivity contribution is -0.253. The van der Waals surface area contributed by atoms with Crippen molar-refractivity contribution in [1.29, 1.82) is 0 Å². The molecule has 0 spiro atoms. The van der Waals surface area contributed by atoms with Crippen molar-refractivity contribution in [2.45, 2.75) is 51.4 Å².